The average Bonchev–Trinajstić information content (AvgIpc) is 3.15. The van der Waals surface area contributed by atoms with Crippen molar-refractivity contribution in [2.24, 2.45) is 0 Å². The van der Waals surface area contributed by atoms with Crippen molar-refractivity contribution in [2.45, 2.75) is 25.2 Å². The number of aromatic nitrogens is 3. The minimum Gasteiger partial charge on any atom is -0.492 e. The molecule has 1 aromatic heterocycles. The predicted octanol–water partition coefficient (Wildman–Crippen LogP) is 4.83. The number of benzene rings is 2. The Morgan fingerprint density at radius 1 is 1.19 bits per heavy atom. The van der Waals surface area contributed by atoms with Crippen LogP contribution in [0.3, 0.4) is 0 Å². The van der Waals surface area contributed by atoms with Crippen LogP contribution in [-0.2, 0) is 17.9 Å². The number of rotatable bonds is 11. The van der Waals surface area contributed by atoms with Gasteiger partial charge in [0.05, 0.1) is 18.0 Å². The maximum absolute atomic E-state index is 12.5. The van der Waals surface area contributed by atoms with Crippen LogP contribution < -0.4 is 14.8 Å². The number of carbonyl (C=O) groups excluding carboxylic acids is 1. The molecule has 9 heteroatoms. The summed E-state index contributed by atoms with van der Waals surface area (Å²) in [6.07, 6.45) is 1.75. The molecule has 3 rings (SSSR count). The Morgan fingerprint density at radius 3 is 2.71 bits per heavy atom. The molecule has 0 bridgehead atoms. The number of ether oxygens (including phenoxy) is 2. The fraction of sp³-hybridized carbons (Fsp3) is 0.227. The lowest BCUT2D eigenvalue weighted by Crippen LogP contribution is -2.15. The Hall–Kier alpha value is -2.97. The van der Waals surface area contributed by atoms with Gasteiger partial charge in [-0.25, -0.2) is 0 Å². The molecule has 31 heavy (non-hydrogen) atoms. The summed E-state index contributed by atoms with van der Waals surface area (Å²) in [4.78, 5) is 12.5. The zero-order valence-corrected chi connectivity index (χ0v) is 18.7. The lowest BCUT2D eigenvalue weighted by molar-refractivity contribution is -0.113. The van der Waals surface area contributed by atoms with Gasteiger partial charge in [-0.05, 0) is 43.3 Å². The average molecular weight is 459 g/mol. The third-order valence-electron chi connectivity index (χ3n) is 4.08. The number of hydrogen-bond acceptors (Lipinski definition) is 6. The second-order valence-corrected chi connectivity index (χ2v) is 7.69. The third kappa shape index (κ3) is 6.50. The highest BCUT2D eigenvalue weighted by Gasteiger charge is 2.15. The smallest absolute Gasteiger partial charge is 0.234 e. The van der Waals surface area contributed by atoms with Crippen molar-refractivity contribution < 1.29 is 14.3 Å². The minimum absolute atomic E-state index is 0.163. The van der Waals surface area contributed by atoms with Crippen molar-refractivity contribution in [2.75, 3.05) is 17.7 Å². The van der Waals surface area contributed by atoms with Gasteiger partial charge >= 0.3 is 0 Å². The van der Waals surface area contributed by atoms with Crippen LogP contribution in [0.1, 0.15) is 12.7 Å². The van der Waals surface area contributed by atoms with Gasteiger partial charge < -0.3 is 14.8 Å². The van der Waals surface area contributed by atoms with E-state index in [1.54, 1.807) is 36.4 Å². The summed E-state index contributed by atoms with van der Waals surface area (Å²) in [5.41, 5.74) is 0.638. The molecule has 1 amide bonds. The van der Waals surface area contributed by atoms with Gasteiger partial charge in [-0.15, -0.1) is 16.8 Å². The molecular weight excluding hydrogens is 436 g/mol. The molecule has 1 N–H and O–H groups in total. The lowest BCUT2D eigenvalue weighted by Gasteiger charge is -2.11. The van der Waals surface area contributed by atoms with Crippen LogP contribution in [0.25, 0.3) is 0 Å². The maximum Gasteiger partial charge on any atom is 0.234 e. The first-order valence-corrected chi connectivity index (χ1v) is 11.0. The van der Waals surface area contributed by atoms with Crippen LogP contribution in [0.5, 0.6) is 11.5 Å². The number of nitrogens with one attached hydrogen (secondary N) is 1. The predicted molar refractivity (Wildman–Crippen MR) is 123 cm³/mol. The van der Waals surface area contributed by atoms with Crippen molar-refractivity contribution >= 4 is 35.0 Å². The number of para-hydroxylation sites is 2. The molecule has 0 saturated carbocycles. The van der Waals surface area contributed by atoms with E-state index in [9.17, 15) is 4.79 Å². The summed E-state index contributed by atoms with van der Waals surface area (Å²) in [7, 11) is 0. The van der Waals surface area contributed by atoms with Crippen molar-refractivity contribution in [3.05, 3.63) is 72.0 Å². The first-order chi connectivity index (χ1) is 15.1. The van der Waals surface area contributed by atoms with Crippen LogP contribution in [0.15, 0.2) is 66.3 Å². The van der Waals surface area contributed by atoms with E-state index in [1.807, 2.05) is 29.7 Å². The van der Waals surface area contributed by atoms with Crippen molar-refractivity contribution in [3.8, 4) is 11.5 Å². The molecule has 2 aromatic carbocycles. The summed E-state index contributed by atoms with van der Waals surface area (Å²) in [5.74, 6) is 1.97. The number of thioether (sulfide) groups is 1. The van der Waals surface area contributed by atoms with Gasteiger partial charge in [0, 0.05) is 11.6 Å². The van der Waals surface area contributed by atoms with Crippen molar-refractivity contribution in [1.29, 1.82) is 0 Å². The van der Waals surface area contributed by atoms with E-state index in [1.165, 1.54) is 11.8 Å². The van der Waals surface area contributed by atoms with Crippen LogP contribution in [0.4, 0.5) is 5.69 Å². The number of nitrogens with zero attached hydrogens (tertiary/aromatic N) is 3. The molecule has 0 saturated heterocycles. The Bertz CT molecular complexity index is 1020. The quantitative estimate of drug-likeness (QED) is 0.327. The number of amides is 1. The molecular formula is C22H23ClN4O3S. The van der Waals surface area contributed by atoms with E-state index in [-0.39, 0.29) is 18.3 Å². The van der Waals surface area contributed by atoms with Crippen molar-refractivity contribution in [3.63, 3.8) is 0 Å². The Kier molecular flexibility index (Phi) is 8.37. The van der Waals surface area contributed by atoms with Gasteiger partial charge in [0.1, 0.15) is 18.1 Å². The Labute approximate surface area is 190 Å². The minimum atomic E-state index is -0.163. The number of allylic oxidation sites excluding steroid dienone is 1. The van der Waals surface area contributed by atoms with E-state index in [0.29, 0.717) is 46.3 Å². The highest BCUT2D eigenvalue weighted by molar-refractivity contribution is 7.99. The van der Waals surface area contributed by atoms with Crippen LogP contribution >= 0.6 is 23.4 Å². The van der Waals surface area contributed by atoms with E-state index in [2.05, 4.69) is 22.1 Å². The molecule has 0 spiro atoms. The lowest BCUT2D eigenvalue weighted by atomic mass is 10.3. The number of carbonyl (C=O) groups is 1. The van der Waals surface area contributed by atoms with Gasteiger partial charge in [0.15, 0.2) is 11.0 Å². The number of anilines is 1. The fourth-order valence-corrected chi connectivity index (χ4v) is 3.58. The standard InChI is InChI=1S/C22H23ClN4O3S/c1-3-13-27-20(14-30-17-11-9-16(23)10-12-17)25-26-22(27)31-15-21(28)24-18-7-5-6-8-19(18)29-4-2/h3,5-12H,1,4,13-15H2,2H3,(H,24,28). The normalized spacial score (nSPS) is 10.5. The molecule has 0 aliphatic heterocycles. The highest BCUT2D eigenvalue weighted by Crippen LogP contribution is 2.25. The van der Waals surface area contributed by atoms with E-state index < -0.39 is 0 Å². The van der Waals surface area contributed by atoms with Crippen LogP contribution in [-0.4, -0.2) is 33.0 Å². The number of halogens is 1. The monoisotopic (exact) mass is 458 g/mol. The summed E-state index contributed by atoms with van der Waals surface area (Å²) in [6.45, 7) is 6.95. The molecule has 0 aliphatic carbocycles. The molecule has 0 unspecified atom stereocenters. The van der Waals surface area contributed by atoms with Gasteiger partial charge in [-0.1, -0.05) is 41.6 Å². The summed E-state index contributed by atoms with van der Waals surface area (Å²) < 4.78 is 13.2. The van der Waals surface area contributed by atoms with Gasteiger partial charge in [-0.2, -0.15) is 0 Å². The molecule has 162 valence electrons. The zero-order valence-electron chi connectivity index (χ0n) is 17.1. The maximum atomic E-state index is 12.5. The van der Waals surface area contributed by atoms with Gasteiger partial charge in [-0.3, -0.25) is 9.36 Å². The van der Waals surface area contributed by atoms with E-state index in [0.717, 1.165) is 0 Å². The van der Waals surface area contributed by atoms with E-state index in [4.69, 9.17) is 21.1 Å². The van der Waals surface area contributed by atoms with Crippen LogP contribution in [0, 0.1) is 0 Å². The first-order valence-electron chi connectivity index (χ1n) is 9.66. The Morgan fingerprint density at radius 2 is 1.97 bits per heavy atom. The molecule has 1 heterocycles. The molecule has 0 radical (unpaired) electrons. The second kappa shape index (κ2) is 11.4. The number of hydrogen-bond donors (Lipinski definition) is 1. The van der Waals surface area contributed by atoms with Gasteiger partial charge in [0.25, 0.3) is 0 Å². The van der Waals surface area contributed by atoms with Crippen LogP contribution in [0.2, 0.25) is 5.02 Å². The molecule has 0 fully saturated rings. The summed E-state index contributed by atoms with van der Waals surface area (Å²) in [5, 5.41) is 12.6. The largest absolute Gasteiger partial charge is 0.492 e. The molecule has 0 atom stereocenters. The molecule has 3 aromatic rings. The Balaban J connectivity index is 1.61. The topological polar surface area (TPSA) is 78.3 Å². The zero-order chi connectivity index (χ0) is 22.1. The summed E-state index contributed by atoms with van der Waals surface area (Å²) in [6, 6.07) is 14.4. The SMILES string of the molecule is C=CCn1c(COc2ccc(Cl)cc2)nnc1SCC(=O)Nc1ccccc1OCC. The third-order valence-corrected chi connectivity index (χ3v) is 5.30. The van der Waals surface area contributed by atoms with Gasteiger partial charge in [0.2, 0.25) is 5.91 Å². The fourth-order valence-electron chi connectivity index (χ4n) is 2.69. The highest BCUT2D eigenvalue weighted by atomic mass is 35.5. The van der Waals surface area contributed by atoms with Crippen molar-refractivity contribution in [1.82, 2.24) is 14.8 Å². The summed E-state index contributed by atoms with van der Waals surface area (Å²) >= 11 is 7.19. The molecule has 7 nitrogen and oxygen atoms in total. The van der Waals surface area contributed by atoms with E-state index >= 15 is 0 Å². The first kappa shape index (κ1) is 22.7. The second-order valence-electron chi connectivity index (χ2n) is 6.31. The molecule has 0 aliphatic rings.